The van der Waals surface area contributed by atoms with Crippen LogP contribution in [0.3, 0.4) is 0 Å². The van der Waals surface area contributed by atoms with Gasteiger partial charge in [0.05, 0.1) is 11.6 Å². The van der Waals surface area contributed by atoms with Crippen LogP contribution >= 0.6 is 0 Å². The second kappa shape index (κ2) is 6.03. The lowest BCUT2D eigenvalue weighted by Crippen LogP contribution is -2.45. The molecule has 7 heteroatoms. The molecule has 0 saturated carbocycles. The summed E-state index contributed by atoms with van der Waals surface area (Å²) in [7, 11) is 0. The standard InChI is InChI=1S/C14H20F3N3O/c1-13(2,3)11(19)12(21)20-10-5-8(7-18)4-9(6-10)14(15,16)17/h4-6,11H,7,18-19H2,1-3H3,(H,20,21)/t11-/m1/s1. The van der Waals surface area contributed by atoms with Crippen LogP contribution in [0.1, 0.15) is 31.9 Å². The van der Waals surface area contributed by atoms with Gasteiger partial charge in [0.15, 0.2) is 0 Å². The highest BCUT2D eigenvalue weighted by atomic mass is 19.4. The molecule has 1 rings (SSSR count). The van der Waals surface area contributed by atoms with Crippen molar-refractivity contribution in [1.82, 2.24) is 0 Å². The topological polar surface area (TPSA) is 81.1 Å². The van der Waals surface area contributed by atoms with Gasteiger partial charge in [-0.2, -0.15) is 13.2 Å². The van der Waals surface area contributed by atoms with Crippen LogP contribution in [0.5, 0.6) is 0 Å². The smallest absolute Gasteiger partial charge is 0.326 e. The fraction of sp³-hybridized carbons (Fsp3) is 0.500. The van der Waals surface area contributed by atoms with Crippen molar-refractivity contribution in [2.45, 2.75) is 39.5 Å². The third-order valence-corrected chi connectivity index (χ3v) is 3.04. The quantitative estimate of drug-likeness (QED) is 0.802. The van der Waals surface area contributed by atoms with Gasteiger partial charge in [-0.15, -0.1) is 0 Å². The summed E-state index contributed by atoms with van der Waals surface area (Å²) >= 11 is 0. The molecule has 0 aliphatic rings. The largest absolute Gasteiger partial charge is 0.416 e. The summed E-state index contributed by atoms with van der Waals surface area (Å²) in [4.78, 5) is 12.0. The number of nitrogens with two attached hydrogens (primary N) is 2. The molecule has 1 aromatic rings. The van der Waals surface area contributed by atoms with Crippen LogP contribution in [0.15, 0.2) is 18.2 Å². The van der Waals surface area contributed by atoms with Gasteiger partial charge in [-0.1, -0.05) is 20.8 Å². The first-order valence-corrected chi connectivity index (χ1v) is 6.43. The molecule has 0 radical (unpaired) electrons. The summed E-state index contributed by atoms with van der Waals surface area (Å²) in [6.45, 7) is 5.26. The molecule has 1 amide bonds. The maximum absolute atomic E-state index is 12.8. The summed E-state index contributed by atoms with van der Waals surface area (Å²) < 4.78 is 38.4. The predicted octanol–water partition coefficient (Wildman–Crippen LogP) is 2.48. The molecule has 1 aromatic carbocycles. The van der Waals surface area contributed by atoms with E-state index in [1.165, 1.54) is 6.07 Å². The molecule has 5 N–H and O–H groups in total. The van der Waals surface area contributed by atoms with E-state index in [4.69, 9.17) is 11.5 Å². The molecular weight excluding hydrogens is 283 g/mol. The van der Waals surface area contributed by atoms with E-state index in [1.54, 1.807) is 20.8 Å². The van der Waals surface area contributed by atoms with Gasteiger partial charge < -0.3 is 16.8 Å². The Labute approximate surface area is 121 Å². The monoisotopic (exact) mass is 303 g/mol. The Kier molecular flexibility index (Phi) is 5.01. The van der Waals surface area contributed by atoms with Gasteiger partial charge in [-0.25, -0.2) is 0 Å². The summed E-state index contributed by atoms with van der Waals surface area (Å²) in [6, 6.07) is 2.39. The molecule has 0 aromatic heterocycles. The minimum Gasteiger partial charge on any atom is -0.326 e. The number of anilines is 1. The Bertz CT molecular complexity index is 521. The Balaban J connectivity index is 3.06. The van der Waals surface area contributed by atoms with Crippen molar-refractivity contribution in [3.8, 4) is 0 Å². The van der Waals surface area contributed by atoms with Gasteiger partial charge in [-0.3, -0.25) is 4.79 Å². The molecule has 118 valence electrons. The zero-order chi connectivity index (χ0) is 16.4. The van der Waals surface area contributed by atoms with Gasteiger partial charge in [0, 0.05) is 12.2 Å². The number of hydrogen-bond donors (Lipinski definition) is 3. The number of rotatable bonds is 3. The number of benzene rings is 1. The normalized spacial score (nSPS) is 13.9. The maximum atomic E-state index is 12.8. The van der Waals surface area contributed by atoms with Crippen LogP contribution in [0.25, 0.3) is 0 Å². The SMILES string of the molecule is CC(C)(C)[C@H](N)C(=O)Nc1cc(CN)cc(C(F)(F)F)c1. The fourth-order valence-electron chi connectivity index (χ4n) is 1.66. The second-order valence-electron chi connectivity index (χ2n) is 5.95. The zero-order valence-corrected chi connectivity index (χ0v) is 12.2. The van der Waals surface area contributed by atoms with E-state index < -0.39 is 29.1 Å². The van der Waals surface area contributed by atoms with Gasteiger partial charge >= 0.3 is 6.18 Å². The van der Waals surface area contributed by atoms with Crippen molar-refractivity contribution >= 4 is 11.6 Å². The average molecular weight is 303 g/mol. The van der Waals surface area contributed by atoms with Gasteiger partial charge in [0.2, 0.25) is 5.91 Å². The van der Waals surface area contributed by atoms with Crippen molar-refractivity contribution in [3.63, 3.8) is 0 Å². The van der Waals surface area contributed by atoms with Crippen molar-refractivity contribution in [3.05, 3.63) is 29.3 Å². The summed E-state index contributed by atoms with van der Waals surface area (Å²) in [5.74, 6) is -0.537. The lowest BCUT2D eigenvalue weighted by molar-refractivity contribution is -0.137. The number of alkyl halides is 3. The van der Waals surface area contributed by atoms with E-state index in [2.05, 4.69) is 5.32 Å². The van der Waals surface area contributed by atoms with Crippen molar-refractivity contribution in [2.24, 2.45) is 16.9 Å². The Morgan fingerprint density at radius 3 is 2.24 bits per heavy atom. The summed E-state index contributed by atoms with van der Waals surface area (Å²) in [5, 5.41) is 2.42. The number of amides is 1. The first kappa shape index (κ1) is 17.5. The molecule has 0 fully saturated rings. The average Bonchev–Trinajstić information content (AvgIpc) is 2.35. The highest BCUT2D eigenvalue weighted by Crippen LogP contribution is 2.32. The van der Waals surface area contributed by atoms with E-state index >= 15 is 0 Å². The van der Waals surface area contributed by atoms with Crippen molar-refractivity contribution < 1.29 is 18.0 Å². The molecule has 0 heterocycles. The third kappa shape index (κ3) is 4.71. The molecule has 4 nitrogen and oxygen atoms in total. The van der Waals surface area contributed by atoms with Crippen LogP contribution < -0.4 is 16.8 Å². The molecule has 0 unspecified atom stereocenters. The van der Waals surface area contributed by atoms with Gasteiger partial charge in [-0.05, 0) is 29.2 Å². The molecule has 0 spiro atoms. The first-order chi connectivity index (χ1) is 9.45. The third-order valence-electron chi connectivity index (χ3n) is 3.04. The predicted molar refractivity (Wildman–Crippen MR) is 75.4 cm³/mol. The molecular formula is C14H20F3N3O. The lowest BCUT2D eigenvalue weighted by Gasteiger charge is -2.26. The Morgan fingerprint density at radius 2 is 1.81 bits per heavy atom. The molecule has 0 aliphatic carbocycles. The van der Waals surface area contributed by atoms with Crippen LogP contribution in [0.4, 0.5) is 18.9 Å². The van der Waals surface area contributed by atoms with E-state index in [1.807, 2.05) is 0 Å². The molecule has 0 saturated heterocycles. The maximum Gasteiger partial charge on any atom is 0.416 e. The van der Waals surface area contributed by atoms with Crippen LogP contribution in [-0.2, 0) is 17.5 Å². The number of carbonyl (C=O) groups excluding carboxylic acids is 1. The van der Waals surface area contributed by atoms with E-state index in [0.717, 1.165) is 12.1 Å². The number of halogens is 3. The number of hydrogen-bond acceptors (Lipinski definition) is 3. The highest BCUT2D eigenvalue weighted by molar-refractivity contribution is 5.95. The van der Waals surface area contributed by atoms with Gasteiger partial charge in [0.1, 0.15) is 0 Å². The molecule has 1 atom stereocenters. The Hall–Kier alpha value is -1.60. The fourth-order valence-corrected chi connectivity index (χ4v) is 1.66. The van der Waals surface area contributed by atoms with Crippen LogP contribution in [-0.4, -0.2) is 11.9 Å². The second-order valence-corrected chi connectivity index (χ2v) is 5.95. The van der Waals surface area contributed by atoms with Gasteiger partial charge in [0.25, 0.3) is 0 Å². The Morgan fingerprint density at radius 1 is 1.24 bits per heavy atom. The van der Waals surface area contributed by atoms with Crippen LogP contribution in [0.2, 0.25) is 0 Å². The minimum absolute atomic E-state index is 0.0370. The summed E-state index contributed by atoms with van der Waals surface area (Å²) in [5.41, 5.74) is 10.1. The zero-order valence-electron chi connectivity index (χ0n) is 12.2. The minimum atomic E-state index is -4.50. The van der Waals surface area contributed by atoms with E-state index in [0.29, 0.717) is 0 Å². The lowest BCUT2D eigenvalue weighted by atomic mass is 9.87. The number of nitrogens with one attached hydrogen (secondary N) is 1. The van der Waals surface area contributed by atoms with Crippen molar-refractivity contribution in [2.75, 3.05) is 5.32 Å². The van der Waals surface area contributed by atoms with E-state index in [9.17, 15) is 18.0 Å². The molecule has 0 bridgehead atoms. The number of carbonyl (C=O) groups is 1. The van der Waals surface area contributed by atoms with Crippen molar-refractivity contribution in [1.29, 1.82) is 0 Å². The molecule has 0 aliphatic heterocycles. The molecule has 21 heavy (non-hydrogen) atoms. The van der Waals surface area contributed by atoms with E-state index in [-0.39, 0.29) is 17.8 Å². The van der Waals surface area contributed by atoms with Crippen LogP contribution in [0, 0.1) is 5.41 Å². The highest BCUT2D eigenvalue weighted by Gasteiger charge is 2.32. The first-order valence-electron chi connectivity index (χ1n) is 6.43. The summed E-state index contributed by atoms with van der Waals surface area (Å²) in [6.07, 6.45) is -4.50.